The van der Waals surface area contributed by atoms with Gasteiger partial charge < -0.3 is 14.7 Å². The molecule has 6 heteroatoms. The van der Waals surface area contributed by atoms with E-state index < -0.39 is 11.7 Å². The van der Waals surface area contributed by atoms with E-state index in [1.165, 1.54) is 0 Å². The third-order valence-corrected chi connectivity index (χ3v) is 4.93. The summed E-state index contributed by atoms with van der Waals surface area (Å²) in [7, 11) is 1.82. The highest BCUT2D eigenvalue weighted by atomic mass is 16.5. The Morgan fingerprint density at radius 1 is 1.57 bits per heavy atom. The van der Waals surface area contributed by atoms with Gasteiger partial charge in [0.05, 0.1) is 18.3 Å². The van der Waals surface area contributed by atoms with Crippen LogP contribution in [-0.2, 0) is 18.2 Å². The Balaban J connectivity index is 1.76. The van der Waals surface area contributed by atoms with Gasteiger partial charge in [0.1, 0.15) is 11.3 Å². The number of carbonyl (C=O) groups is 1. The Hall–Kier alpha value is -1.40. The largest absolute Gasteiger partial charge is 0.390 e. The van der Waals surface area contributed by atoms with Crippen molar-refractivity contribution in [1.82, 2.24) is 14.7 Å². The molecule has 0 aliphatic carbocycles. The molecule has 2 fully saturated rings. The number of amides is 1. The Labute approximate surface area is 137 Å². The van der Waals surface area contributed by atoms with Crippen LogP contribution in [0.15, 0.2) is 6.07 Å². The van der Waals surface area contributed by atoms with E-state index in [1.54, 1.807) is 4.68 Å². The number of piperidine rings is 1. The van der Waals surface area contributed by atoms with E-state index in [2.05, 4.69) is 18.9 Å². The van der Waals surface area contributed by atoms with Gasteiger partial charge in [0.25, 0.3) is 5.91 Å². The number of carbonyl (C=O) groups excluding carboxylic acids is 1. The van der Waals surface area contributed by atoms with Crippen LogP contribution in [0, 0.1) is 5.92 Å². The molecule has 23 heavy (non-hydrogen) atoms. The second-order valence-electron chi connectivity index (χ2n) is 7.29. The van der Waals surface area contributed by atoms with Gasteiger partial charge in [0.15, 0.2) is 0 Å². The molecule has 3 heterocycles. The Morgan fingerprint density at radius 3 is 3.00 bits per heavy atom. The number of hydrogen-bond acceptors (Lipinski definition) is 4. The average Bonchev–Trinajstić information content (AvgIpc) is 3.08. The molecule has 0 unspecified atom stereocenters. The average molecular weight is 321 g/mol. The van der Waals surface area contributed by atoms with Crippen LogP contribution in [0.25, 0.3) is 0 Å². The number of likely N-dealkylation sites (tertiary alicyclic amines) is 1. The van der Waals surface area contributed by atoms with E-state index in [1.807, 2.05) is 18.0 Å². The van der Waals surface area contributed by atoms with Crippen LogP contribution in [0.1, 0.15) is 49.3 Å². The van der Waals surface area contributed by atoms with Gasteiger partial charge in [-0.15, -0.1) is 0 Å². The molecule has 0 bridgehead atoms. The van der Waals surface area contributed by atoms with Crippen molar-refractivity contribution in [3.8, 4) is 0 Å². The molecule has 1 aromatic rings. The molecule has 0 saturated carbocycles. The summed E-state index contributed by atoms with van der Waals surface area (Å²) in [4.78, 5) is 14.7. The number of aliphatic hydroxyl groups excluding tert-OH is 1. The summed E-state index contributed by atoms with van der Waals surface area (Å²) < 4.78 is 7.51. The fourth-order valence-electron chi connectivity index (χ4n) is 3.74. The van der Waals surface area contributed by atoms with Crippen molar-refractivity contribution in [3.05, 3.63) is 17.5 Å². The summed E-state index contributed by atoms with van der Waals surface area (Å²) in [5, 5.41) is 14.8. The molecule has 1 spiro atoms. The van der Waals surface area contributed by atoms with Gasteiger partial charge in [-0.2, -0.15) is 5.10 Å². The third kappa shape index (κ3) is 3.15. The highest BCUT2D eigenvalue weighted by molar-refractivity contribution is 5.92. The molecule has 1 amide bonds. The lowest BCUT2D eigenvalue weighted by atomic mass is 9.87. The smallest absolute Gasteiger partial charge is 0.272 e. The fraction of sp³-hybridized carbons (Fsp3) is 0.765. The van der Waals surface area contributed by atoms with Crippen LogP contribution in [0.3, 0.4) is 0 Å². The number of aliphatic hydroxyl groups is 1. The number of rotatable bonds is 3. The van der Waals surface area contributed by atoms with E-state index >= 15 is 0 Å². The number of aryl methyl sites for hydroxylation is 1. The zero-order valence-corrected chi connectivity index (χ0v) is 14.3. The second kappa shape index (κ2) is 6.24. The SMILES string of the molecule is CC(C)Cc1cc(C(=O)N2CC[C@H](O)[C@]3(CCCO3)C2)n(C)n1. The van der Waals surface area contributed by atoms with Gasteiger partial charge in [-0.3, -0.25) is 9.48 Å². The van der Waals surface area contributed by atoms with E-state index in [0.29, 0.717) is 37.7 Å². The number of nitrogens with zero attached hydrogens (tertiary/aromatic N) is 3. The Bertz CT molecular complexity index is 576. The lowest BCUT2D eigenvalue weighted by Gasteiger charge is -2.43. The molecular weight excluding hydrogens is 294 g/mol. The molecule has 2 atom stereocenters. The topological polar surface area (TPSA) is 67.6 Å². The Morgan fingerprint density at radius 2 is 2.35 bits per heavy atom. The third-order valence-electron chi connectivity index (χ3n) is 4.93. The minimum Gasteiger partial charge on any atom is -0.390 e. The molecule has 2 aliphatic rings. The normalized spacial score (nSPS) is 28.0. The monoisotopic (exact) mass is 321 g/mol. The summed E-state index contributed by atoms with van der Waals surface area (Å²) in [6, 6.07) is 1.90. The van der Waals surface area contributed by atoms with Crippen molar-refractivity contribution in [1.29, 1.82) is 0 Å². The predicted molar refractivity (Wildman–Crippen MR) is 86.2 cm³/mol. The zero-order chi connectivity index (χ0) is 16.6. The second-order valence-corrected chi connectivity index (χ2v) is 7.29. The van der Waals surface area contributed by atoms with Crippen molar-refractivity contribution < 1.29 is 14.6 Å². The maximum absolute atomic E-state index is 12.9. The van der Waals surface area contributed by atoms with E-state index in [-0.39, 0.29) is 5.91 Å². The van der Waals surface area contributed by atoms with Gasteiger partial charge in [-0.1, -0.05) is 13.8 Å². The van der Waals surface area contributed by atoms with Crippen molar-refractivity contribution in [2.24, 2.45) is 13.0 Å². The van der Waals surface area contributed by atoms with Gasteiger partial charge in [0, 0.05) is 20.2 Å². The van der Waals surface area contributed by atoms with E-state index in [4.69, 9.17) is 4.74 Å². The number of aromatic nitrogens is 2. The van der Waals surface area contributed by atoms with Crippen LogP contribution < -0.4 is 0 Å². The summed E-state index contributed by atoms with van der Waals surface area (Å²) in [5.41, 5.74) is 1.01. The minimum absolute atomic E-state index is 0.0169. The molecule has 1 aromatic heterocycles. The van der Waals surface area contributed by atoms with Crippen LogP contribution >= 0.6 is 0 Å². The van der Waals surface area contributed by atoms with E-state index in [9.17, 15) is 9.90 Å². The highest BCUT2D eigenvalue weighted by Gasteiger charge is 2.47. The first-order valence-corrected chi connectivity index (χ1v) is 8.55. The number of ether oxygens (including phenoxy) is 1. The fourth-order valence-corrected chi connectivity index (χ4v) is 3.74. The molecule has 6 nitrogen and oxygen atoms in total. The van der Waals surface area contributed by atoms with Crippen LogP contribution in [0.2, 0.25) is 0 Å². The minimum atomic E-state index is -0.562. The summed E-state index contributed by atoms with van der Waals surface area (Å²) >= 11 is 0. The summed E-state index contributed by atoms with van der Waals surface area (Å²) in [6.07, 6.45) is 2.73. The summed E-state index contributed by atoms with van der Waals surface area (Å²) in [5.74, 6) is 0.491. The maximum atomic E-state index is 12.9. The van der Waals surface area contributed by atoms with E-state index in [0.717, 1.165) is 25.0 Å². The first kappa shape index (κ1) is 16.5. The zero-order valence-electron chi connectivity index (χ0n) is 14.3. The maximum Gasteiger partial charge on any atom is 0.272 e. The van der Waals surface area contributed by atoms with Crippen molar-refractivity contribution in [2.75, 3.05) is 19.7 Å². The van der Waals surface area contributed by atoms with Gasteiger partial charge in [-0.25, -0.2) is 0 Å². The Kier molecular flexibility index (Phi) is 4.47. The molecule has 128 valence electrons. The molecule has 1 N–H and O–H groups in total. The van der Waals surface area contributed by atoms with Crippen LogP contribution in [0.4, 0.5) is 0 Å². The summed E-state index contributed by atoms with van der Waals surface area (Å²) in [6.45, 7) is 5.99. The van der Waals surface area contributed by atoms with Gasteiger partial charge in [-0.05, 0) is 37.7 Å². The highest BCUT2D eigenvalue weighted by Crippen LogP contribution is 2.35. The van der Waals surface area contributed by atoms with Crippen molar-refractivity contribution in [2.45, 2.75) is 51.2 Å². The van der Waals surface area contributed by atoms with Crippen LogP contribution in [0.5, 0.6) is 0 Å². The first-order valence-electron chi connectivity index (χ1n) is 8.55. The molecule has 3 rings (SSSR count). The molecule has 0 radical (unpaired) electrons. The van der Waals surface area contributed by atoms with Crippen molar-refractivity contribution >= 4 is 5.91 Å². The number of hydrogen-bond donors (Lipinski definition) is 1. The molecule has 2 aliphatic heterocycles. The molecule has 0 aromatic carbocycles. The van der Waals surface area contributed by atoms with Crippen LogP contribution in [-0.4, -0.2) is 57.1 Å². The predicted octanol–water partition coefficient (Wildman–Crippen LogP) is 1.37. The quantitative estimate of drug-likeness (QED) is 0.913. The van der Waals surface area contributed by atoms with Gasteiger partial charge in [0.2, 0.25) is 0 Å². The molecule has 2 saturated heterocycles. The first-order chi connectivity index (χ1) is 10.9. The molecular formula is C17H27N3O3. The lowest BCUT2D eigenvalue weighted by Crippen LogP contribution is -2.58. The van der Waals surface area contributed by atoms with Crippen molar-refractivity contribution in [3.63, 3.8) is 0 Å². The van der Waals surface area contributed by atoms with Gasteiger partial charge >= 0.3 is 0 Å². The lowest BCUT2D eigenvalue weighted by molar-refractivity contribution is -0.124. The standard InChI is InChI=1S/C17H27N3O3/c1-12(2)9-13-10-14(19(3)18-13)16(22)20-7-5-15(21)17(11-20)6-4-8-23-17/h10,12,15,21H,4-9,11H2,1-3H3/t15-,17-/m0/s1.